The number of hydrogen-bond acceptors (Lipinski definition) is 0. The highest BCUT2D eigenvalue weighted by molar-refractivity contribution is 14.1. The maximum absolute atomic E-state index is 3.77. The van der Waals surface area contributed by atoms with Gasteiger partial charge < -0.3 is 0 Å². The van der Waals surface area contributed by atoms with Gasteiger partial charge in [-0.2, -0.15) is 0 Å². The van der Waals surface area contributed by atoms with Gasteiger partial charge in [-0.3, -0.25) is 0 Å². The summed E-state index contributed by atoms with van der Waals surface area (Å²) >= 11 is 2.41. The molecule has 50 valence electrons. The Hall–Kier alpha value is 0.210. The summed E-state index contributed by atoms with van der Waals surface area (Å²) in [4.78, 5) is 0. The number of halogens is 1. The zero-order valence-corrected chi connectivity index (χ0v) is 7.60. The molecule has 0 nitrogen and oxygen atoms in total. The van der Waals surface area contributed by atoms with Crippen molar-refractivity contribution in [3.63, 3.8) is 0 Å². The first-order valence-electron chi connectivity index (χ1n) is 3.31. The maximum Gasteiger partial charge on any atom is -0.00458 e. The average molecular weight is 234 g/mol. The number of hydrogen-bond donors (Lipinski definition) is 0. The Morgan fingerprint density at radius 2 is 2.56 bits per heavy atom. The van der Waals surface area contributed by atoms with Gasteiger partial charge in [0.05, 0.1) is 0 Å². The zero-order chi connectivity index (χ0) is 6.69. The molecule has 0 bridgehead atoms. The van der Waals surface area contributed by atoms with Crippen molar-refractivity contribution in [1.82, 2.24) is 0 Å². The van der Waals surface area contributed by atoms with Crippen LogP contribution in [0, 0.1) is 5.92 Å². The Kier molecular flexibility index (Phi) is 2.76. The quantitative estimate of drug-likeness (QED) is 0.482. The fraction of sp³-hybridized carbons (Fsp3) is 0.500. The molecule has 1 atom stereocenters. The van der Waals surface area contributed by atoms with Crippen LogP contribution in [-0.2, 0) is 0 Å². The molecule has 1 aliphatic rings. The van der Waals surface area contributed by atoms with E-state index in [0.717, 1.165) is 0 Å². The molecular formula is C8H11I. The van der Waals surface area contributed by atoms with Gasteiger partial charge >= 0.3 is 0 Å². The zero-order valence-electron chi connectivity index (χ0n) is 5.44. The van der Waals surface area contributed by atoms with Crippen molar-refractivity contribution in [2.45, 2.75) is 19.3 Å². The summed E-state index contributed by atoms with van der Waals surface area (Å²) in [6.45, 7) is 3.77. The second-order valence-electron chi connectivity index (χ2n) is 2.41. The summed E-state index contributed by atoms with van der Waals surface area (Å²) in [5, 5.41) is 0. The number of allylic oxidation sites excluding steroid dienone is 3. The Morgan fingerprint density at radius 1 is 1.78 bits per heavy atom. The first-order valence-corrected chi connectivity index (χ1v) is 4.39. The van der Waals surface area contributed by atoms with E-state index in [4.69, 9.17) is 0 Å². The monoisotopic (exact) mass is 234 g/mol. The molecule has 0 amide bonds. The molecular weight excluding hydrogens is 223 g/mol. The van der Waals surface area contributed by atoms with Crippen LogP contribution in [0.25, 0.3) is 0 Å². The molecule has 0 fully saturated rings. The summed E-state index contributed by atoms with van der Waals surface area (Å²) in [7, 11) is 0. The molecule has 0 aliphatic heterocycles. The van der Waals surface area contributed by atoms with Gasteiger partial charge in [-0.05, 0) is 51.4 Å². The van der Waals surface area contributed by atoms with E-state index in [9.17, 15) is 0 Å². The van der Waals surface area contributed by atoms with E-state index in [1.807, 2.05) is 6.08 Å². The van der Waals surface area contributed by atoms with Crippen molar-refractivity contribution in [3.8, 4) is 0 Å². The lowest BCUT2D eigenvalue weighted by Gasteiger charge is -2.13. The fourth-order valence-electron chi connectivity index (χ4n) is 1.09. The molecule has 0 aromatic heterocycles. The van der Waals surface area contributed by atoms with Crippen LogP contribution in [0.2, 0.25) is 0 Å². The molecule has 9 heavy (non-hydrogen) atoms. The third kappa shape index (κ3) is 2.12. The molecule has 0 unspecified atom stereocenters. The van der Waals surface area contributed by atoms with Crippen LogP contribution in [0.1, 0.15) is 19.3 Å². The maximum atomic E-state index is 3.77. The van der Waals surface area contributed by atoms with E-state index in [1.54, 1.807) is 0 Å². The van der Waals surface area contributed by atoms with Crippen molar-refractivity contribution in [1.29, 1.82) is 0 Å². The molecule has 1 heteroatoms. The minimum absolute atomic E-state index is 0.658. The minimum Gasteiger partial charge on any atom is -0.102 e. The summed E-state index contributed by atoms with van der Waals surface area (Å²) in [5.41, 5.74) is 0. The van der Waals surface area contributed by atoms with Crippen molar-refractivity contribution >= 4 is 22.6 Å². The summed E-state index contributed by atoms with van der Waals surface area (Å²) in [5.74, 6) is 0.658. The second-order valence-corrected chi connectivity index (χ2v) is 3.79. The SMILES string of the molecule is C=C[C@H]1C=C(I)CCC1. The van der Waals surface area contributed by atoms with Gasteiger partial charge in [0.2, 0.25) is 0 Å². The summed E-state index contributed by atoms with van der Waals surface area (Å²) < 4.78 is 1.50. The lowest BCUT2D eigenvalue weighted by atomic mass is 9.96. The van der Waals surface area contributed by atoms with Crippen molar-refractivity contribution in [3.05, 3.63) is 22.3 Å². The first kappa shape index (κ1) is 7.32. The van der Waals surface area contributed by atoms with Crippen molar-refractivity contribution in [2.75, 3.05) is 0 Å². The Morgan fingerprint density at radius 3 is 3.00 bits per heavy atom. The largest absolute Gasteiger partial charge is 0.102 e. The van der Waals surface area contributed by atoms with Crippen LogP contribution >= 0.6 is 22.6 Å². The predicted octanol–water partition coefficient (Wildman–Crippen LogP) is 3.29. The van der Waals surface area contributed by atoms with Crippen LogP contribution in [0.5, 0.6) is 0 Å². The highest BCUT2D eigenvalue weighted by atomic mass is 127. The van der Waals surface area contributed by atoms with Crippen molar-refractivity contribution < 1.29 is 0 Å². The van der Waals surface area contributed by atoms with E-state index in [0.29, 0.717) is 5.92 Å². The molecule has 1 rings (SSSR count). The molecule has 1 aliphatic carbocycles. The normalized spacial score (nSPS) is 27.2. The molecule has 0 radical (unpaired) electrons. The van der Waals surface area contributed by atoms with Crippen LogP contribution in [0.4, 0.5) is 0 Å². The third-order valence-corrected chi connectivity index (χ3v) is 2.55. The van der Waals surface area contributed by atoms with E-state index in [1.165, 1.54) is 22.8 Å². The number of rotatable bonds is 1. The van der Waals surface area contributed by atoms with E-state index in [2.05, 4.69) is 35.2 Å². The molecule has 0 aromatic rings. The Balaban J connectivity index is 2.56. The topological polar surface area (TPSA) is 0 Å². The molecule has 0 saturated carbocycles. The molecule has 0 heterocycles. The standard InChI is InChI=1S/C8H11I/c1-2-7-4-3-5-8(9)6-7/h2,6-7H,1,3-5H2/t7-/m1/s1. The molecule has 0 N–H and O–H groups in total. The Bertz CT molecular complexity index is 136. The van der Waals surface area contributed by atoms with Crippen LogP contribution in [0.15, 0.2) is 22.3 Å². The van der Waals surface area contributed by atoms with Gasteiger partial charge in [0.25, 0.3) is 0 Å². The van der Waals surface area contributed by atoms with Crippen LogP contribution < -0.4 is 0 Å². The van der Waals surface area contributed by atoms with Gasteiger partial charge in [-0.15, -0.1) is 6.58 Å². The molecule has 0 saturated heterocycles. The van der Waals surface area contributed by atoms with Crippen LogP contribution in [-0.4, -0.2) is 0 Å². The smallest absolute Gasteiger partial charge is 0.00458 e. The fourth-order valence-corrected chi connectivity index (χ4v) is 1.93. The van der Waals surface area contributed by atoms with E-state index in [-0.39, 0.29) is 0 Å². The van der Waals surface area contributed by atoms with E-state index >= 15 is 0 Å². The lowest BCUT2D eigenvalue weighted by molar-refractivity contribution is 0.629. The van der Waals surface area contributed by atoms with Gasteiger partial charge in [0.1, 0.15) is 0 Å². The Labute approximate surface area is 70.2 Å². The predicted molar refractivity (Wildman–Crippen MR) is 49.6 cm³/mol. The lowest BCUT2D eigenvalue weighted by Crippen LogP contribution is -1.97. The summed E-state index contributed by atoms with van der Waals surface area (Å²) in [6, 6.07) is 0. The van der Waals surface area contributed by atoms with Crippen LogP contribution in [0.3, 0.4) is 0 Å². The van der Waals surface area contributed by atoms with Gasteiger partial charge in [0.15, 0.2) is 0 Å². The van der Waals surface area contributed by atoms with Gasteiger partial charge in [-0.1, -0.05) is 12.2 Å². The van der Waals surface area contributed by atoms with E-state index < -0.39 is 0 Å². The summed E-state index contributed by atoms with van der Waals surface area (Å²) in [6.07, 6.45) is 8.28. The van der Waals surface area contributed by atoms with Gasteiger partial charge in [-0.25, -0.2) is 0 Å². The van der Waals surface area contributed by atoms with Gasteiger partial charge in [0, 0.05) is 0 Å². The van der Waals surface area contributed by atoms with Crippen molar-refractivity contribution in [2.24, 2.45) is 5.92 Å². The minimum atomic E-state index is 0.658. The second kappa shape index (κ2) is 3.40. The molecule has 0 aromatic carbocycles. The average Bonchev–Trinajstić information content (AvgIpc) is 1.88. The highest BCUT2D eigenvalue weighted by Crippen LogP contribution is 2.26. The first-order chi connectivity index (χ1) is 4.33. The highest BCUT2D eigenvalue weighted by Gasteiger charge is 2.07. The molecule has 0 spiro atoms. The third-order valence-electron chi connectivity index (χ3n) is 1.65.